The lowest BCUT2D eigenvalue weighted by Crippen LogP contribution is -2.24. The summed E-state index contributed by atoms with van der Waals surface area (Å²) in [6.07, 6.45) is -3.00. The van der Waals surface area contributed by atoms with E-state index in [0.717, 1.165) is 12.1 Å². The second-order valence-electron chi connectivity index (χ2n) is 6.14. The fourth-order valence-corrected chi connectivity index (χ4v) is 2.00. The van der Waals surface area contributed by atoms with Crippen molar-refractivity contribution >= 4 is 5.97 Å². The minimum absolute atomic E-state index is 0.0508. The van der Waals surface area contributed by atoms with Crippen molar-refractivity contribution in [2.75, 3.05) is 0 Å². The SMILES string of the molecule is Cn1cc(C(=O)OC(C)(C)C)nc1-c1cccc(C(F)(F)F)c1. The van der Waals surface area contributed by atoms with Crippen LogP contribution in [0.15, 0.2) is 30.5 Å². The second kappa shape index (κ2) is 5.72. The van der Waals surface area contributed by atoms with Crippen LogP contribution in [0.25, 0.3) is 11.4 Å². The van der Waals surface area contributed by atoms with Crippen molar-refractivity contribution < 1.29 is 22.7 Å². The van der Waals surface area contributed by atoms with Crippen molar-refractivity contribution in [3.63, 3.8) is 0 Å². The molecule has 23 heavy (non-hydrogen) atoms. The topological polar surface area (TPSA) is 44.1 Å². The summed E-state index contributed by atoms with van der Waals surface area (Å²) in [5, 5.41) is 0. The monoisotopic (exact) mass is 326 g/mol. The molecule has 7 heteroatoms. The lowest BCUT2D eigenvalue weighted by Gasteiger charge is -2.18. The third-order valence-corrected chi connectivity index (χ3v) is 2.93. The van der Waals surface area contributed by atoms with Crippen LogP contribution in [0.4, 0.5) is 13.2 Å². The van der Waals surface area contributed by atoms with Crippen molar-refractivity contribution in [3.05, 3.63) is 41.7 Å². The first-order chi connectivity index (χ1) is 10.5. The highest BCUT2D eigenvalue weighted by molar-refractivity contribution is 5.88. The highest BCUT2D eigenvalue weighted by Gasteiger charge is 2.31. The quantitative estimate of drug-likeness (QED) is 0.782. The maximum Gasteiger partial charge on any atom is 0.416 e. The first kappa shape index (κ1) is 17.1. The number of carbonyl (C=O) groups is 1. The molecule has 0 aliphatic carbocycles. The maximum atomic E-state index is 12.8. The zero-order valence-electron chi connectivity index (χ0n) is 13.2. The summed E-state index contributed by atoms with van der Waals surface area (Å²) in [6.45, 7) is 5.17. The summed E-state index contributed by atoms with van der Waals surface area (Å²) in [5.74, 6) is -0.358. The van der Waals surface area contributed by atoms with Crippen molar-refractivity contribution in [1.82, 2.24) is 9.55 Å². The van der Waals surface area contributed by atoms with Crippen LogP contribution in [0.3, 0.4) is 0 Å². The molecule has 0 N–H and O–H groups in total. The standard InChI is InChI=1S/C16H17F3N2O2/c1-15(2,3)23-14(22)12-9-21(4)13(20-12)10-6-5-7-11(8-10)16(17,18)19/h5-9H,1-4H3. The van der Waals surface area contributed by atoms with E-state index in [2.05, 4.69) is 4.98 Å². The molecule has 1 aromatic carbocycles. The van der Waals surface area contributed by atoms with Crippen LogP contribution in [0.1, 0.15) is 36.8 Å². The van der Waals surface area contributed by atoms with Gasteiger partial charge in [-0.05, 0) is 32.9 Å². The van der Waals surface area contributed by atoms with Crippen molar-refractivity contribution in [1.29, 1.82) is 0 Å². The molecule has 0 saturated heterocycles. The van der Waals surface area contributed by atoms with Gasteiger partial charge in [0.25, 0.3) is 0 Å². The first-order valence-electron chi connectivity index (χ1n) is 6.92. The normalized spacial score (nSPS) is 12.3. The molecule has 124 valence electrons. The van der Waals surface area contributed by atoms with E-state index in [1.165, 1.54) is 22.9 Å². The Hall–Kier alpha value is -2.31. The molecule has 0 spiro atoms. The number of carbonyl (C=O) groups excluding carboxylic acids is 1. The number of benzene rings is 1. The van der Waals surface area contributed by atoms with Gasteiger partial charge in [-0.1, -0.05) is 12.1 Å². The van der Waals surface area contributed by atoms with E-state index in [9.17, 15) is 18.0 Å². The molecule has 0 unspecified atom stereocenters. The summed E-state index contributed by atoms with van der Waals surface area (Å²) in [5.41, 5.74) is -1.12. The van der Waals surface area contributed by atoms with E-state index in [4.69, 9.17) is 4.74 Å². The Morgan fingerprint density at radius 2 is 1.87 bits per heavy atom. The van der Waals surface area contributed by atoms with Gasteiger partial charge in [0.05, 0.1) is 5.56 Å². The molecule has 0 radical (unpaired) electrons. The Bertz CT molecular complexity index is 728. The van der Waals surface area contributed by atoms with Crippen LogP contribution in [-0.2, 0) is 18.0 Å². The van der Waals surface area contributed by atoms with Gasteiger partial charge in [0.15, 0.2) is 5.69 Å². The minimum Gasteiger partial charge on any atom is -0.455 e. The number of alkyl halides is 3. The molecule has 0 saturated carbocycles. The van der Waals surface area contributed by atoms with Crippen LogP contribution >= 0.6 is 0 Å². The van der Waals surface area contributed by atoms with Gasteiger partial charge in [-0.2, -0.15) is 13.2 Å². The van der Waals surface area contributed by atoms with Gasteiger partial charge in [0.1, 0.15) is 11.4 Å². The summed E-state index contributed by atoms with van der Waals surface area (Å²) in [7, 11) is 1.61. The Labute approximate surface area is 131 Å². The average Bonchev–Trinajstić information content (AvgIpc) is 2.78. The van der Waals surface area contributed by atoms with E-state index in [1.807, 2.05) is 0 Å². The van der Waals surface area contributed by atoms with E-state index in [1.54, 1.807) is 27.8 Å². The summed E-state index contributed by atoms with van der Waals surface area (Å²) in [4.78, 5) is 16.1. The van der Waals surface area contributed by atoms with Gasteiger partial charge < -0.3 is 9.30 Å². The molecule has 0 fully saturated rings. The minimum atomic E-state index is -4.44. The number of nitrogens with zero attached hydrogens (tertiary/aromatic N) is 2. The fourth-order valence-electron chi connectivity index (χ4n) is 2.00. The third kappa shape index (κ3) is 4.12. The lowest BCUT2D eigenvalue weighted by atomic mass is 10.1. The molecule has 0 atom stereocenters. The van der Waals surface area contributed by atoms with Crippen molar-refractivity contribution in [2.24, 2.45) is 7.05 Å². The van der Waals surface area contributed by atoms with Crippen molar-refractivity contribution in [3.8, 4) is 11.4 Å². The molecule has 4 nitrogen and oxygen atoms in total. The number of hydrogen-bond acceptors (Lipinski definition) is 3. The number of rotatable bonds is 2. The summed E-state index contributed by atoms with van der Waals surface area (Å²) in [6, 6.07) is 4.80. The zero-order valence-corrected chi connectivity index (χ0v) is 13.2. The number of ether oxygens (including phenoxy) is 1. The van der Waals surface area contributed by atoms with Gasteiger partial charge in [0, 0.05) is 18.8 Å². The van der Waals surface area contributed by atoms with Crippen molar-refractivity contribution in [2.45, 2.75) is 32.5 Å². The largest absolute Gasteiger partial charge is 0.455 e. The van der Waals surface area contributed by atoms with Gasteiger partial charge in [0.2, 0.25) is 0 Å². The summed E-state index contributed by atoms with van der Waals surface area (Å²) >= 11 is 0. The molecule has 2 aromatic rings. The third-order valence-electron chi connectivity index (χ3n) is 2.93. The van der Waals surface area contributed by atoms with Crippen LogP contribution in [0, 0.1) is 0 Å². The lowest BCUT2D eigenvalue weighted by molar-refractivity contribution is -0.137. The Morgan fingerprint density at radius 1 is 1.22 bits per heavy atom. The highest BCUT2D eigenvalue weighted by atomic mass is 19.4. The fraction of sp³-hybridized carbons (Fsp3) is 0.375. The predicted octanol–water partition coefficient (Wildman–Crippen LogP) is 4.06. The Morgan fingerprint density at radius 3 is 2.43 bits per heavy atom. The van der Waals surface area contributed by atoms with E-state index in [0.29, 0.717) is 0 Å². The number of halogens is 3. The van der Waals surface area contributed by atoms with Gasteiger partial charge >= 0.3 is 12.1 Å². The molecule has 0 aliphatic heterocycles. The Balaban J connectivity index is 2.37. The molecular formula is C16H17F3N2O2. The molecule has 0 amide bonds. The van der Waals surface area contributed by atoms with Gasteiger partial charge in [-0.25, -0.2) is 9.78 Å². The highest BCUT2D eigenvalue weighted by Crippen LogP contribution is 2.31. The van der Waals surface area contributed by atoms with E-state index >= 15 is 0 Å². The molecule has 2 rings (SSSR count). The maximum absolute atomic E-state index is 12.8. The number of esters is 1. The summed E-state index contributed by atoms with van der Waals surface area (Å²) < 4.78 is 45.1. The first-order valence-corrected chi connectivity index (χ1v) is 6.92. The van der Waals surface area contributed by atoms with Crippen LogP contribution < -0.4 is 0 Å². The smallest absolute Gasteiger partial charge is 0.416 e. The van der Waals surface area contributed by atoms with Crippen LogP contribution in [0.2, 0.25) is 0 Å². The van der Waals surface area contributed by atoms with Crippen LogP contribution in [-0.4, -0.2) is 21.1 Å². The molecular weight excluding hydrogens is 309 g/mol. The van der Waals surface area contributed by atoms with Crippen LogP contribution in [0.5, 0.6) is 0 Å². The Kier molecular flexibility index (Phi) is 4.24. The number of hydrogen-bond donors (Lipinski definition) is 0. The predicted molar refractivity (Wildman–Crippen MR) is 78.8 cm³/mol. The number of aryl methyl sites for hydroxylation is 1. The molecule has 1 aromatic heterocycles. The second-order valence-corrected chi connectivity index (χ2v) is 6.14. The average molecular weight is 326 g/mol. The van der Waals surface area contributed by atoms with Gasteiger partial charge in [-0.3, -0.25) is 0 Å². The zero-order chi connectivity index (χ0) is 17.4. The number of aromatic nitrogens is 2. The van der Waals surface area contributed by atoms with Gasteiger partial charge in [-0.15, -0.1) is 0 Å². The molecule has 1 heterocycles. The number of imidazole rings is 1. The van der Waals surface area contributed by atoms with E-state index < -0.39 is 23.3 Å². The molecule has 0 bridgehead atoms. The molecule has 0 aliphatic rings. The van der Waals surface area contributed by atoms with E-state index in [-0.39, 0.29) is 17.1 Å².